The van der Waals surface area contributed by atoms with E-state index in [4.69, 9.17) is 25.4 Å². The number of carboxylic acid groups (broad SMARTS) is 1. The molecule has 3 aromatic heterocycles. The van der Waals surface area contributed by atoms with E-state index in [1.54, 1.807) is 6.92 Å². The van der Waals surface area contributed by atoms with Crippen LogP contribution in [0.1, 0.15) is 31.9 Å². The van der Waals surface area contributed by atoms with Crippen LogP contribution in [0, 0.1) is 0 Å². The van der Waals surface area contributed by atoms with Gasteiger partial charge >= 0.3 is 0 Å². The molecule has 0 amide bonds. The fraction of sp³-hybridized carbons (Fsp3) is 0.360. The third-order valence-corrected chi connectivity index (χ3v) is 6.10. The van der Waals surface area contributed by atoms with Crippen molar-refractivity contribution in [3.63, 3.8) is 0 Å². The summed E-state index contributed by atoms with van der Waals surface area (Å²) in [7, 11) is 0. The zero-order chi connectivity index (χ0) is 24.9. The number of hydrogen-bond acceptors (Lipinski definition) is 8. The number of nitrogens with two attached hydrogens (primary N) is 1. The highest BCUT2D eigenvalue weighted by Gasteiger charge is 2.25. The maximum absolute atomic E-state index is 9.60. The largest absolute Gasteiger partial charge is 0.489 e. The third kappa shape index (κ3) is 5.40. The Balaban J connectivity index is 0.000000917. The predicted molar refractivity (Wildman–Crippen MR) is 132 cm³/mol. The highest BCUT2D eigenvalue weighted by atomic mass is 16.5. The number of hydrogen-bond donors (Lipinski definition) is 3. The summed E-state index contributed by atoms with van der Waals surface area (Å²) in [5.41, 5.74) is 9.52. The molecule has 4 N–H and O–H groups in total. The van der Waals surface area contributed by atoms with Crippen molar-refractivity contribution in [1.82, 2.24) is 24.5 Å². The second-order valence-corrected chi connectivity index (χ2v) is 8.72. The third-order valence-electron chi connectivity index (χ3n) is 6.10. The Morgan fingerprint density at radius 3 is 2.71 bits per heavy atom. The number of aliphatic hydroxyl groups is 1. The molecule has 5 rings (SSSR count). The number of likely N-dealkylation sites (tertiary alicyclic amines) is 1. The van der Waals surface area contributed by atoms with E-state index in [1.165, 1.54) is 5.56 Å². The molecular formula is C25H30N6O4. The Kier molecular flexibility index (Phi) is 7.54. The van der Waals surface area contributed by atoms with Crippen molar-refractivity contribution in [2.45, 2.75) is 38.5 Å². The number of aromatic nitrogens is 4. The quantitative estimate of drug-likeness (QED) is 0.357. The fourth-order valence-corrected chi connectivity index (χ4v) is 4.28. The van der Waals surface area contributed by atoms with Gasteiger partial charge < -0.3 is 20.7 Å². The van der Waals surface area contributed by atoms with Crippen molar-refractivity contribution in [3.05, 3.63) is 54.2 Å². The summed E-state index contributed by atoms with van der Waals surface area (Å²) >= 11 is 0. The Labute approximate surface area is 203 Å². The zero-order valence-corrected chi connectivity index (χ0v) is 19.8. The van der Waals surface area contributed by atoms with E-state index in [0.29, 0.717) is 17.3 Å². The molecule has 184 valence electrons. The molecule has 1 aliphatic rings. The highest BCUT2D eigenvalue weighted by molar-refractivity contribution is 5.86. The highest BCUT2D eigenvalue weighted by Crippen LogP contribution is 2.29. The minimum Gasteiger partial charge on any atom is -0.489 e. The van der Waals surface area contributed by atoms with Gasteiger partial charge in [0.25, 0.3) is 6.47 Å². The summed E-state index contributed by atoms with van der Waals surface area (Å²) in [6.07, 6.45) is 2.57. The molecule has 35 heavy (non-hydrogen) atoms. The summed E-state index contributed by atoms with van der Waals surface area (Å²) in [6.45, 7) is 5.79. The maximum Gasteiger partial charge on any atom is 0.290 e. The lowest BCUT2D eigenvalue weighted by atomic mass is 10.1. The molecule has 0 spiro atoms. The van der Waals surface area contributed by atoms with E-state index in [2.05, 4.69) is 34.3 Å². The first-order valence-electron chi connectivity index (χ1n) is 11.5. The summed E-state index contributed by atoms with van der Waals surface area (Å²) in [6, 6.07) is 14.3. The van der Waals surface area contributed by atoms with Crippen LogP contribution in [0.15, 0.2) is 48.7 Å². The average molecular weight is 479 g/mol. The maximum atomic E-state index is 9.60. The summed E-state index contributed by atoms with van der Waals surface area (Å²) in [4.78, 5) is 15.6. The van der Waals surface area contributed by atoms with Gasteiger partial charge in [0.15, 0.2) is 11.5 Å². The van der Waals surface area contributed by atoms with Gasteiger partial charge in [-0.3, -0.25) is 14.1 Å². The van der Waals surface area contributed by atoms with Crippen molar-refractivity contribution >= 4 is 23.0 Å². The van der Waals surface area contributed by atoms with Crippen molar-refractivity contribution in [1.29, 1.82) is 0 Å². The number of benzene rings is 1. The Morgan fingerprint density at radius 2 is 2.00 bits per heavy atom. The fourth-order valence-electron chi connectivity index (χ4n) is 4.28. The topological polar surface area (TPSA) is 139 Å². The SMILES string of the molecule is C[C@@H](O)COc1cccc2ccc(-c3nnc4ccc([C@H](C)N5CC[C@H](N)C5)cn34)nc12.O=CO. The first kappa shape index (κ1) is 24.5. The number of aliphatic hydroxyl groups excluding tert-OH is 1. The minimum absolute atomic E-state index is 0.209. The van der Waals surface area contributed by atoms with Crippen LogP contribution in [-0.4, -0.2) is 73.0 Å². The predicted octanol–water partition coefficient (Wildman–Crippen LogP) is 2.50. The van der Waals surface area contributed by atoms with Gasteiger partial charge in [-0.2, -0.15) is 0 Å². The molecule has 4 heterocycles. The summed E-state index contributed by atoms with van der Waals surface area (Å²) in [5, 5.41) is 26.2. The molecule has 10 nitrogen and oxygen atoms in total. The van der Waals surface area contributed by atoms with E-state index in [9.17, 15) is 5.11 Å². The molecule has 1 saturated heterocycles. The van der Waals surface area contributed by atoms with Gasteiger partial charge in [0.1, 0.15) is 23.6 Å². The second kappa shape index (κ2) is 10.8. The van der Waals surface area contributed by atoms with Crippen LogP contribution < -0.4 is 10.5 Å². The average Bonchev–Trinajstić information content (AvgIpc) is 3.48. The number of rotatable bonds is 6. The Morgan fingerprint density at radius 1 is 1.20 bits per heavy atom. The summed E-state index contributed by atoms with van der Waals surface area (Å²) in [5.74, 6) is 1.32. The van der Waals surface area contributed by atoms with Crippen LogP contribution in [0.3, 0.4) is 0 Å². The smallest absolute Gasteiger partial charge is 0.290 e. The van der Waals surface area contributed by atoms with Crippen LogP contribution in [-0.2, 0) is 4.79 Å². The van der Waals surface area contributed by atoms with Gasteiger partial charge in [0, 0.05) is 36.8 Å². The normalized spacial score (nSPS) is 17.7. The molecule has 0 unspecified atom stereocenters. The van der Waals surface area contributed by atoms with Gasteiger partial charge in [-0.25, -0.2) is 4.98 Å². The number of ether oxygens (including phenoxy) is 1. The molecular weight excluding hydrogens is 448 g/mol. The van der Waals surface area contributed by atoms with Gasteiger partial charge in [0.05, 0.1) is 6.10 Å². The first-order valence-corrected chi connectivity index (χ1v) is 11.5. The van der Waals surface area contributed by atoms with Gasteiger partial charge in [0.2, 0.25) is 0 Å². The number of pyridine rings is 2. The number of para-hydroxylation sites is 1. The standard InChI is InChI=1S/C24H28N6O2.CH2O2/c1-15(31)14-32-21-5-3-4-17-6-8-20(26-23(17)21)24-28-27-22-9-7-18(12-30(22)24)16(2)29-11-10-19(25)13-29;2-1-3/h3-9,12,15-16,19,31H,10-11,13-14,25H2,1-2H3;1H,(H,2,3)/t15-,16+,19+;/m1./s1. The minimum atomic E-state index is -0.556. The number of nitrogens with zero attached hydrogens (tertiary/aromatic N) is 5. The molecule has 0 bridgehead atoms. The molecule has 1 fully saturated rings. The number of fused-ring (bicyclic) bond motifs is 2. The lowest BCUT2D eigenvalue weighted by Crippen LogP contribution is -2.28. The van der Waals surface area contributed by atoms with Crippen LogP contribution in [0.25, 0.3) is 28.1 Å². The van der Waals surface area contributed by atoms with Gasteiger partial charge in [-0.1, -0.05) is 24.3 Å². The second-order valence-electron chi connectivity index (χ2n) is 8.72. The van der Waals surface area contributed by atoms with E-state index in [0.717, 1.165) is 36.1 Å². The van der Waals surface area contributed by atoms with E-state index in [1.807, 2.05) is 40.8 Å². The Hall–Kier alpha value is -3.60. The van der Waals surface area contributed by atoms with Crippen molar-refractivity contribution in [3.8, 4) is 17.3 Å². The van der Waals surface area contributed by atoms with Gasteiger partial charge in [-0.15, -0.1) is 10.2 Å². The molecule has 0 aliphatic carbocycles. The van der Waals surface area contributed by atoms with E-state index < -0.39 is 6.10 Å². The monoisotopic (exact) mass is 478 g/mol. The number of carbonyl (C=O) groups is 1. The van der Waals surface area contributed by atoms with Crippen LogP contribution >= 0.6 is 0 Å². The van der Waals surface area contributed by atoms with E-state index in [-0.39, 0.29) is 25.2 Å². The first-order chi connectivity index (χ1) is 16.9. The van der Waals surface area contributed by atoms with Crippen LogP contribution in [0.4, 0.5) is 0 Å². The molecule has 4 aromatic rings. The van der Waals surface area contributed by atoms with Crippen molar-refractivity contribution in [2.75, 3.05) is 19.7 Å². The van der Waals surface area contributed by atoms with Gasteiger partial charge in [-0.05, 0) is 44.0 Å². The van der Waals surface area contributed by atoms with E-state index >= 15 is 0 Å². The molecule has 3 atom stereocenters. The zero-order valence-electron chi connectivity index (χ0n) is 19.8. The van der Waals surface area contributed by atoms with Crippen molar-refractivity contribution in [2.24, 2.45) is 5.73 Å². The summed E-state index contributed by atoms with van der Waals surface area (Å²) < 4.78 is 7.78. The van der Waals surface area contributed by atoms with Crippen LogP contribution in [0.5, 0.6) is 5.75 Å². The lowest BCUT2D eigenvalue weighted by molar-refractivity contribution is -0.122. The molecule has 10 heteroatoms. The van der Waals surface area contributed by atoms with Crippen LogP contribution in [0.2, 0.25) is 0 Å². The molecule has 0 radical (unpaired) electrons. The Bertz CT molecular complexity index is 1310. The molecule has 1 aliphatic heterocycles. The molecule has 0 saturated carbocycles. The lowest BCUT2D eigenvalue weighted by Gasteiger charge is -2.24. The van der Waals surface area contributed by atoms with Crippen molar-refractivity contribution < 1.29 is 19.7 Å². The molecule has 1 aromatic carbocycles.